The number of ether oxygens (including phenoxy) is 1. The average Bonchev–Trinajstić information content (AvgIpc) is 3.16. The fraction of sp³-hybridized carbons (Fsp3) is 0.312. The minimum atomic E-state index is -0.0404. The lowest BCUT2D eigenvalue weighted by Crippen LogP contribution is -2.29. The van der Waals surface area contributed by atoms with E-state index in [1.54, 1.807) is 41.6 Å². The number of hydrogen-bond acceptors (Lipinski definition) is 5. The second kappa shape index (κ2) is 6.43. The Morgan fingerprint density at radius 3 is 3.18 bits per heavy atom. The summed E-state index contributed by atoms with van der Waals surface area (Å²) >= 11 is 0. The zero-order chi connectivity index (χ0) is 15.4. The summed E-state index contributed by atoms with van der Waals surface area (Å²) in [5, 5.41) is 0. The van der Waals surface area contributed by atoms with Crippen molar-refractivity contribution in [3.63, 3.8) is 0 Å². The molecule has 1 aliphatic rings. The van der Waals surface area contributed by atoms with Gasteiger partial charge in [0.1, 0.15) is 17.7 Å². The normalized spacial score (nSPS) is 18.0. The van der Waals surface area contributed by atoms with E-state index in [0.717, 1.165) is 6.42 Å². The van der Waals surface area contributed by atoms with Gasteiger partial charge in [-0.15, -0.1) is 0 Å². The number of carbonyl (C=O) groups excluding carboxylic acids is 1. The number of rotatable bonds is 4. The van der Waals surface area contributed by atoms with Crippen molar-refractivity contribution in [1.82, 2.24) is 14.9 Å². The van der Waals surface area contributed by atoms with Gasteiger partial charge in [0, 0.05) is 31.3 Å². The van der Waals surface area contributed by atoms with Crippen LogP contribution in [0.3, 0.4) is 0 Å². The third kappa shape index (κ3) is 3.52. The highest BCUT2D eigenvalue weighted by Crippen LogP contribution is 2.17. The van der Waals surface area contributed by atoms with Crippen molar-refractivity contribution >= 4 is 12.0 Å². The molecule has 0 saturated carbocycles. The van der Waals surface area contributed by atoms with Crippen molar-refractivity contribution in [2.24, 2.45) is 0 Å². The fourth-order valence-corrected chi connectivity index (χ4v) is 2.34. The van der Waals surface area contributed by atoms with Gasteiger partial charge in [0.25, 0.3) is 0 Å². The number of aromatic nitrogens is 2. The molecule has 114 valence electrons. The van der Waals surface area contributed by atoms with Gasteiger partial charge in [0.2, 0.25) is 11.8 Å². The number of nitrogens with zero attached hydrogens (tertiary/aromatic N) is 3. The minimum Gasteiger partial charge on any atom is -0.472 e. The molecule has 3 rings (SSSR count). The quantitative estimate of drug-likeness (QED) is 0.808. The van der Waals surface area contributed by atoms with Gasteiger partial charge < -0.3 is 14.1 Å². The molecule has 6 heteroatoms. The Hall–Kier alpha value is -2.63. The highest BCUT2D eigenvalue weighted by molar-refractivity contribution is 5.91. The van der Waals surface area contributed by atoms with Crippen LogP contribution >= 0.6 is 0 Å². The maximum Gasteiger partial charge on any atom is 0.246 e. The van der Waals surface area contributed by atoms with E-state index in [-0.39, 0.29) is 12.0 Å². The Morgan fingerprint density at radius 2 is 2.41 bits per heavy atom. The zero-order valence-corrected chi connectivity index (χ0v) is 12.3. The Kier molecular flexibility index (Phi) is 4.18. The van der Waals surface area contributed by atoms with Crippen LogP contribution in [-0.2, 0) is 4.79 Å². The first-order chi connectivity index (χ1) is 10.7. The van der Waals surface area contributed by atoms with Crippen molar-refractivity contribution in [2.45, 2.75) is 19.4 Å². The maximum absolute atomic E-state index is 12.1. The van der Waals surface area contributed by atoms with Crippen LogP contribution in [-0.4, -0.2) is 40.0 Å². The second-order valence-electron chi connectivity index (χ2n) is 5.10. The van der Waals surface area contributed by atoms with Gasteiger partial charge in [-0.05, 0) is 25.1 Å². The molecule has 1 saturated heterocycles. The van der Waals surface area contributed by atoms with Crippen LogP contribution in [0.1, 0.15) is 18.0 Å². The molecule has 1 unspecified atom stereocenters. The summed E-state index contributed by atoms with van der Waals surface area (Å²) in [5.74, 6) is 1.85. The van der Waals surface area contributed by atoms with E-state index in [9.17, 15) is 4.79 Å². The number of furan rings is 1. The first kappa shape index (κ1) is 14.3. The van der Waals surface area contributed by atoms with Crippen molar-refractivity contribution in [3.05, 3.63) is 48.3 Å². The molecule has 0 N–H and O–H groups in total. The van der Waals surface area contributed by atoms with Crippen LogP contribution in [0, 0.1) is 6.92 Å². The summed E-state index contributed by atoms with van der Waals surface area (Å²) < 4.78 is 11.0. The summed E-state index contributed by atoms with van der Waals surface area (Å²) in [7, 11) is 0. The highest BCUT2D eigenvalue weighted by Gasteiger charge is 2.26. The summed E-state index contributed by atoms with van der Waals surface area (Å²) in [4.78, 5) is 22.1. The lowest BCUT2D eigenvalue weighted by Gasteiger charge is -2.15. The van der Waals surface area contributed by atoms with E-state index in [2.05, 4.69) is 9.97 Å². The Bertz CT molecular complexity index is 667. The van der Waals surface area contributed by atoms with E-state index >= 15 is 0 Å². The molecule has 0 aliphatic carbocycles. The van der Waals surface area contributed by atoms with Crippen LogP contribution in [0.5, 0.6) is 5.88 Å². The molecule has 1 fully saturated rings. The van der Waals surface area contributed by atoms with Crippen molar-refractivity contribution < 1.29 is 13.9 Å². The van der Waals surface area contributed by atoms with Crippen molar-refractivity contribution in [1.29, 1.82) is 0 Å². The Morgan fingerprint density at radius 1 is 1.50 bits per heavy atom. The summed E-state index contributed by atoms with van der Waals surface area (Å²) in [6, 6.07) is 5.32. The van der Waals surface area contributed by atoms with E-state index in [0.29, 0.717) is 30.6 Å². The molecule has 6 nitrogen and oxygen atoms in total. The minimum absolute atomic E-state index is 0.0322. The average molecular weight is 299 g/mol. The molecule has 2 aromatic heterocycles. The summed E-state index contributed by atoms with van der Waals surface area (Å²) in [6.07, 6.45) is 7.20. The molecule has 3 heterocycles. The van der Waals surface area contributed by atoms with E-state index in [1.165, 1.54) is 6.08 Å². The number of carbonyl (C=O) groups is 1. The van der Waals surface area contributed by atoms with Crippen LogP contribution < -0.4 is 4.74 Å². The third-order valence-corrected chi connectivity index (χ3v) is 3.43. The number of hydrogen-bond donors (Lipinski definition) is 0. The SMILES string of the molecule is Cc1nccc(OC2CCN(C(=O)/C=C/c3ccco3)C2)n1. The van der Waals surface area contributed by atoms with Crippen LogP contribution in [0.15, 0.2) is 41.2 Å². The summed E-state index contributed by atoms with van der Waals surface area (Å²) in [5.41, 5.74) is 0. The molecule has 2 aromatic rings. The zero-order valence-electron chi connectivity index (χ0n) is 12.3. The predicted octanol–water partition coefficient (Wildman–Crippen LogP) is 2.07. The third-order valence-electron chi connectivity index (χ3n) is 3.43. The lowest BCUT2D eigenvalue weighted by molar-refractivity contribution is -0.125. The first-order valence-electron chi connectivity index (χ1n) is 7.17. The van der Waals surface area contributed by atoms with Crippen molar-refractivity contribution in [2.75, 3.05) is 13.1 Å². The highest BCUT2D eigenvalue weighted by atomic mass is 16.5. The van der Waals surface area contributed by atoms with Crippen LogP contribution in [0.2, 0.25) is 0 Å². The van der Waals surface area contributed by atoms with E-state index in [1.807, 2.05) is 6.92 Å². The molecule has 0 aromatic carbocycles. The summed E-state index contributed by atoms with van der Waals surface area (Å²) in [6.45, 7) is 3.05. The Labute approximate surface area is 128 Å². The first-order valence-corrected chi connectivity index (χ1v) is 7.17. The number of amides is 1. The molecule has 1 amide bonds. The molecular weight excluding hydrogens is 282 g/mol. The molecular formula is C16H17N3O3. The Balaban J connectivity index is 1.54. The molecule has 0 radical (unpaired) electrons. The van der Waals surface area contributed by atoms with E-state index in [4.69, 9.17) is 9.15 Å². The van der Waals surface area contributed by atoms with Gasteiger partial charge in [0.05, 0.1) is 12.8 Å². The van der Waals surface area contributed by atoms with Crippen LogP contribution in [0.25, 0.3) is 6.08 Å². The molecule has 1 aliphatic heterocycles. The number of aryl methyl sites for hydroxylation is 1. The lowest BCUT2D eigenvalue weighted by atomic mass is 10.3. The van der Waals surface area contributed by atoms with Gasteiger partial charge in [-0.1, -0.05) is 0 Å². The predicted molar refractivity (Wildman–Crippen MR) is 80.1 cm³/mol. The maximum atomic E-state index is 12.1. The molecule has 22 heavy (non-hydrogen) atoms. The fourth-order valence-electron chi connectivity index (χ4n) is 2.34. The van der Waals surface area contributed by atoms with Gasteiger partial charge in [0.15, 0.2) is 0 Å². The smallest absolute Gasteiger partial charge is 0.246 e. The second-order valence-corrected chi connectivity index (χ2v) is 5.10. The van der Waals surface area contributed by atoms with Gasteiger partial charge in [-0.2, -0.15) is 4.98 Å². The monoisotopic (exact) mass is 299 g/mol. The van der Waals surface area contributed by atoms with Gasteiger partial charge in [-0.3, -0.25) is 4.79 Å². The molecule has 1 atom stereocenters. The topological polar surface area (TPSA) is 68.5 Å². The van der Waals surface area contributed by atoms with Crippen molar-refractivity contribution in [3.8, 4) is 5.88 Å². The number of likely N-dealkylation sites (tertiary alicyclic amines) is 1. The molecule has 0 spiro atoms. The van der Waals surface area contributed by atoms with Gasteiger partial charge >= 0.3 is 0 Å². The molecule has 0 bridgehead atoms. The van der Waals surface area contributed by atoms with E-state index < -0.39 is 0 Å². The largest absolute Gasteiger partial charge is 0.472 e. The van der Waals surface area contributed by atoms with Crippen LogP contribution in [0.4, 0.5) is 0 Å². The standard InChI is InChI=1S/C16H17N3O3/c1-12-17-8-6-15(18-12)22-14-7-9-19(11-14)16(20)5-4-13-3-2-10-21-13/h2-6,8,10,14H,7,9,11H2,1H3/b5-4+. The van der Waals surface area contributed by atoms with Gasteiger partial charge in [-0.25, -0.2) is 4.98 Å².